The molecule has 0 bridgehead atoms. The molecule has 1 fully saturated rings. The normalized spacial score (nSPS) is 15.0. The van der Waals surface area contributed by atoms with Gasteiger partial charge in [0.1, 0.15) is 23.8 Å². The van der Waals surface area contributed by atoms with Crippen LogP contribution in [0.3, 0.4) is 0 Å². The van der Waals surface area contributed by atoms with E-state index in [4.69, 9.17) is 11.6 Å². The van der Waals surface area contributed by atoms with E-state index in [0.29, 0.717) is 5.02 Å². The smallest absolute Gasteiger partial charge is 0.140 e. The highest BCUT2D eigenvalue weighted by atomic mass is 35.5. The summed E-state index contributed by atoms with van der Waals surface area (Å²) in [6.07, 6.45) is 1.61. The van der Waals surface area contributed by atoms with Crippen LogP contribution in [0.25, 0.3) is 10.9 Å². The number of aryl methyl sites for hydroxylation is 2. The van der Waals surface area contributed by atoms with Crippen LogP contribution in [0.5, 0.6) is 0 Å². The van der Waals surface area contributed by atoms with Gasteiger partial charge < -0.3 is 9.80 Å². The van der Waals surface area contributed by atoms with Crippen LogP contribution in [-0.2, 0) is 0 Å². The molecular formula is C18H19ClN6. The number of rotatable bonds is 2. The number of aromatic nitrogens is 4. The van der Waals surface area contributed by atoms with E-state index < -0.39 is 0 Å². The topological polar surface area (TPSA) is 58.0 Å². The van der Waals surface area contributed by atoms with Crippen molar-refractivity contribution in [2.75, 3.05) is 36.0 Å². The van der Waals surface area contributed by atoms with Crippen molar-refractivity contribution >= 4 is 34.1 Å². The molecular weight excluding hydrogens is 336 g/mol. The molecule has 0 aliphatic carbocycles. The Morgan fingerprint density at radius 1 is 0.920 bits per heavy atom. The van der Waals surface area contributed by atoms with Crippen LogP contribution >= 0.6 is 11.6 Å². The van der Waals surface area contributed by atoms with Crippen LogP contribution in [0.4, 0.5) is 11.6 Å². The molecule has 1 aromatic carbocycles. The van der Waals surface area contributed by atoms with Crippen molar-refractivity contribution in [3.05, 3.63) is 47.1 Å². The van der Waals surface area contributed by atoms with Crippen LogP contribution < -0.4 is 9.80 Å². The molecule has 0 unspecified atom stereocenters. The van der Waals surface area contributed by atoms with E-state index in [1.54, 1.807) is 6.33 Å². The molecule has 6 nitrogen and oxygen atoms in total. The average Bonchev–Trinajstić information content (AvgIpc) is 2.60. The Hall–Kier alpha value is -2.47. The Bertz CT molecular complexity index is 900. The maximum absolute atomic E-state index is 6.08. The second-order valence-corrected chi connectivity index (χ2v) is 6.68. The average molecular weight is 355 g/mol. The van der Waals surface area contributed by atoms with Crippen LogP contribution in [0.15, 0.2) is 30.6 Å². The number of hydrogen-bond donors (Lipinski definition) is 0. The van der Waals surface area contributed by atoms with Gasteiger partial charge >= 0.3 is 0 Å². The Morgan fingerprint density at radius 3 is 2.44 bits per heavy atom. The minimum absolute atomic E-state index is 0.691. The summed E-state index contributed by atoms with van der Waals surface area (Å²) in [5, 5.41) is 1.73. The van der Waals surface area contributed by atoms with Gasteiger partial charge in [-0.25, -0.2) is 19.9 Å². The van der Waals surface area contributed by atoms with Gasteiger partial charge in [-0.05, 0) is 32.0 Å². The lowest BCUT2D eigenvalue weighted by molar-refractivity contribution is 0.641. The monoisotopic (exact) mass is 354 g/mol. The Labute approximate surface area is 151 Å². The van der Waals surface area contributed by atoms with E-state index in [0.717, 1.165) is 60.2 Å². The lowest BCUT2D eigenvalue weighted by Gasteiger charge is -2.36. The van der Waals surface area contributed by atoms with Gasteiger partial charge in [0.2, 0.25) is 0 Å². The van der Waals surface area contributed by atoms with Crippen molar-refractivity contribution in [2.45, 2.75) is 13.8 Å². The summed E-state index contributed by atoms with van der Waals surface area (Å²) < 4.78 is 0. The second kappa shape index (κ2) is 6.44. The number of fused-ring (bicyclic) bond motifs is 1. The molecule has 128 valence electrons. The molecule has 0 amide bonds. The summed E-state index contributed by atoms with van der Waals surface area (Å²) in [6.45, 7) is 7.51. The van der Waals surface area contributed by atoms with E-state index in [-0.39, 0.29) is 0 Å². The molecule has 0 spiro atoms. The first-order valence-corrected chi connectivity index (χ1v) is 8.70. The number of nitrogens with zero attached hydrogens (tertiary/aromatic N) is 6. The van der Waals surface area contributed by atoms with Gasteiger partial charge in [-0.1, -0.05) is 11.6 Å². The van der Waals surface area contributed by atoms with Crippen LogP contribution in [0.1, 0.15) is 11.5 Å². The minimum Gasteiger partial charge on any atom is -0.353 e. The highest BCUT2D eigenvalue weighted by Crippen LogP contribution is 2.26. The SMILES string of the molecule is Cc1cc(N2CCN(c3ncnc4cc(Cl)ccc34)CC2)nc(C)n1. The zero-order valence-electron chi connectivity index (χ0n) is 14.3. The highest BCUT2D eigenvalue weighted by molar-refractivity contribution is 6.31. The zero-order chi connectivity index (χ0) is 17.4. The standard InChI is InChI=1S/C18H19ClN6/c1-12-9-17(23-13(2)22-12)24-5-7-25(8-6-24)18-15-4-3-14(19)10-16(15)20-11-21-18/h3-4,9-11H,5-8H2,1-2H3. The summed E-state index contributed by atoms with van der Waals surface area (Å²) >= 11 is 6.08. The lowest BCUT2D eigenvalue weighted by Crippen LogP contribution is -2.47. The van der Waals surface area contributed by atoms with Gasteiger partial charge in [0, 0.05) is 48.3 Å². The molecule has 3 aromatic rings. The zero-order valence-corrected chi connectivity index (χ0v) is 15.0. The first-order chi connectivity index (χ1) is 12.1. The number of halogens is 1. The molecule has 1 aliphatic heterocycles. The summed E-state index contributed by atoms with van der Waals surface area (Å²) in [5.74, 6) is 2.79. The summed E-state index contributed by atoms with van der Waals surface area (Å²) in [7, 11) is 0. The first kappa shape index (κ1) is 16.0. The van der Waals surface area contributed by atoms with Crippen LogP contribution in [-0.4, -0.2) is 46.1 Å². The van der Waals surface area contributed by atoms with Gasteiger partial charge in [0.25, 0.3) is 0 Å². The third-order valence-electron chi connectivity index (χ3n) is 4.43. The number of anilines is 2. The van der Waals surface area contributed by atoms with Crippen molar-refractivity contribution in [1.82, 2.24) is 19.9 Å². The van der Waals surface area contributed by atoms with Gasteiger partial charge in [0.15, 0.2) is 0 Å². The quantitative estimate of drug-likeness (QED) is 0.705. The maximum atomic E-state index is 6.08. The summed E-state index contributed by atoms with van der Waals surface area (Å²) in [5.41, 5.74) is 1.88. The molecule has 2 aromatic heterocycles. The van der Waals surface area contributed by atoms with Crippen molar-refractivity contribution < 1.29 is 0 Å². The molecule has 0 atom stereocenters. The fourth-order valence-electron chi connectivity index (χ4n) is 3.27. The third-order valence-corrected chi connectivity index (χ3v) is 4.67. The number of hydrogen-bond acceptors (Lipinski definition) is 6. The predicted octanol–water partition coefficient (Wildman–Crippen LogP) is 3.02. The molecule has 25 heavy (non-hydrogen) atoms. The molecule has 0 radical (unpaired) electrons. The fourth-order valence-corrected chi connectivity index (χ4v) is 3.44. The van der Waals surface area contributed by atoms with Crippen molar-refractivity contribution in [2.24, 2.45) is 0 Å². The van der Waals surface area contributed by atoms with Crippen LogP contribution in [0.2, 0.25) is 5.02 Å². The maximum Gasteiger partial charge on any atom is 0.140 e. The van der Waals surface area contributed by atoms with Gasteiger partial charge in [-0.3, -0.25) is 0 Å². The van der Waals surface area contributed by atoms with E-state index in [1.807, 2.05) is 38.1 Å². The molecule has 1 aliphatic rings. The minimum atomic E-state index is 0.691. The van der Waals surface area contributed by atoms with Gasteiger partial charge in [0.05, 0.1) is 5.52 Å². The van der Waals surface area contributed by atoms with Crippen LogP contribution in [0, 0.1) is 13.8 Å². The van der Waals surface area contributed by atoms with Crippen molar-refractivity contribution in [3.63, 3.8) is 0 Å². The van der Waals surface area contributed by atoms with Gasteiger partial charge in [-0.15, -0.1) is 0 Å². The highest BCUT2D eigenvalue weighted by Gasteiger charge is 2.21. The molecule has 3 heterocycles. The molecule has 0 N–H and O–H groups in total. The Balaban J connectivity index is 1.56. The lowest BCUT2D eigenvalue weighted by atomic mass is 10.2. The Morgan fingerprint density at radius 2 is 1.68 bits per heavy atom. The summed E-state index contributed by atoms with van der Waals surface area (Å²) in [4.78, 5) is 22.4. The molecule has 7 heteroatoms. The van der Waals surface area contributed by atoms with E-state index in [1.165, 1.54) is 0 Å². The van der Waals surface area contributed by atoms with Crippen molar-refractivity contribution in [3.8, 4) is 0 Å². The van der Waals surface area contributed by atoms with E-state index >= 15 is 0 Å². The third kappa shape index (κ3) is 3.22. The number of benzene rings is 1. The van der Waals surface area contributed by atoms with Crippen molar-refractivity contribution in [1.29, 1.82) is 0 Å². The fraction of sp³-hybridized carbons (Fsp3) is 0.333. The number of piperazine rings is 1. The second-order valence-electron chi connectivity index (χ2n) is 6.25. The van der Waals surface area contributed by atoms with E-state index in [9.17, 15) is 0 Å². The van der Waals surface area contributed by atoms with Gasteiger partial charge in [-0.2, -0.15) is 0 Å². The molecule has 0 saturated carbocycles. The predicted molar refractivity (Wildman–Crippen MR) is 100 cm³/mol. The molecule has 1 saturated heterocycles. The largest absolute Gasteiger partial charge is 0.353 e. The van der Waals surface area contributed by atoms with E-state index in [2.05, 4.69) is 29.7 Å². The first-order valence-electron chi connectivity index (χ1n) is 8.32. The molecule has 4 rings (SSSR count). The summed E-state index contributed by atoms with van der Waals surface area (Å²) in [6, 6.07) is 7.81. The Kier molecular flexibility index (Phi) is 4.13.